The van der Waals surface area contributed by atoms with Crippen LogP contribution in [0.25, 0.3) is 0 Å². The second kappa shape index (κ2) is 6.04. The highest BCUT2D eigenvalue weighted by Gasteiger charge is 2.24. The predicted octanol–water partition coefficient (Wildman–Crippen LogP) is 2.89. The van der Waals surface area contributed by atoms with Gasteiger partial charge in [-0.25, -0.2) is 0 Å². The highest BCUT2D eigenvalue weighted by atomic mass is 79.9. The molecule has 1 aromatic rings. The van der Waals surface area contributed by atoms with Crippen LogP contribution in [0.3, 0.4) is 0 Å². The molecule has 0 bridgehead atoms. The van der Waals surface area contributed by atoms with Crippen molar-refractivity contribution in [2.75, 3.05) is 13.2 Å². The van der Waals surface area contributed by atoms with Gasteiger partial charge in [0, 0.05) is 10.9 Å². The second-order valence-corrected chi connectivity index (χ2v) is 6.55. The van der Waals surface area contributed by atoms with Crippen LogP contribution in [0.2, 0.25) is 0 Å². The maximum Gasteiger partial charge on any atom is 0.255 e. The van der Waals surface area contributed by atoms with Crippen molar-refractivity contribution < 1.29 is 14.3 Å². The molecule has 1 saturated carbocycles. The summed E-state index contributed by atoms with van der Waals surface area (Å²) in [4.78, 5) is 13.0. The predicted molar refractivity (Wildman–Crippen MR) is 79.9 cm³/mol. The number of carbonyl (C=O) groups is 1. The number of para-hydroxylation sites is 1. The molecule has 2 aliphatic rings. The number of benzene rings is 1. The molecular formula is C15H18BrNO3. The van der Waals surface area contributed by atoms with Crippen LogP contribution < -0.4 is 14.8 Å². The molecule has 1 aromatic carbocycles. The van der Waals surface area contributed by atoms with Crippen molar-refractivity contribution in [2.24, 2.45) is 0 Å². The van der Waals surface area contributed by atoms with Crippen LogP contribution in [0, 0.1) is 0 Å². The van der Waals surface area contributed by atoms with E-state index < -0.39 is 0 Å². The number of ether oxygens (including phenoxy) is 2. The molecule has 1 N–H and O–H groups in total. The zero-order valence-electron chi connectivity index (χ0n) is 11.2. The standard InChI is InChI=1S/C15H18BrNO3/c16-10-4-6-11(7-5-10)17-15(18)12-2-1-3-13-14(12)20-9-8-19-13/h1-3,10-11H,4-9H2,(H,17,18). The van der Waals surface area contributed by atoms with Crippen LogP contribution in [-0.2, 0) is 0 Å². The van der Waals surface area contributed by atoms with Crippen LogP contribution in [0.15, 0.2) is 18.2 Å². The van der Waals surface area contributed by atoms with Gasteiger partial charge in [-0.2, -0.15) is 0 Å². The Morgan fingerprint density at radius 2 is 1.90 bits per heavy atom. The van der Waals surface area contributed by atoms with Gasteiger partial charge in [-0.1, -0.05) is 22.0 Å². The van der Waals surface area contributed by atoms with Crippen molar-refractivity contribution in [1.29, 1.82) is 0 Å². The van der Waals surface area contributed by atoms with E-state index in [2.05, 4.69) is 21.2 Å². The maximum absolute atomic E-state index is 12.4. The van der Waals surface area contributed by atoms with E-state index in [-0.39, 0.29) is 11.9 Å². The molecule has 0 radical (unpaired) electrons. The van der Waals surface area contributed by atoms with E-state index in [1.54, 1.807) is 6.07 Å². The van der Waals surface area contributed by atoms with Crippen molar-refractivity contribution in [1.82, 2.24) is 5.32 Å². The third-order valence-electron chi connectivity index (χ3n) is 3.80. The summed E-state index contributed by atoms with van der Waals surface area (Å²) in [5.74, 6) is 1.17. The van der Waals surface area contributed by atoms with Gasteiger partial charge < -0.3 is 14.8 Å². The fourth-order valence-corrected chi connectivity index (χ4v) is 3.24. The first kappa shape index (κ1) is 13.7. The van der Waals surface area contributed by atoms with E-state index in [4.69, 9.17) is 9.47 Å². The molecule has 0 unspecified atom stereocenters. The van der Waals surface area contributed by atoms with Gasteiger partial charge in [0.05, 0.1) is 5.56 Å². The molecular weight excluding hydrogens is 322 g/mol. The Kier molecular flexibility index (Phi) is 4.15. The maximum atomic E-state index is 12.4. The lowest BCUT2D eigenvalue weighted by Gasteiger charge is -2.27. The van der Waals surface area contributed by atoms with Gasteiger partial charge in [-0.15, -0.1) is 0 Å². The summed E-state index contributed by atoms with van der Waals surface area (Å²) in [5.41, 5.74) is 0.572. The number of fused-ring (bicyclic) bond motifs is 1. The summed E-state index contributed by atoms with van der Waals surface area (Å²) in [5, 5.41) is 3.11. The molecule has 4 nitrogen and oxygen atoms in total. The molecule has 5 heteroatoms. The van der Waals surface area contributed by atoms with E-state index in [0.717, 1.165) is 25.7 Å². The SMILES string of the molecule is O=C(NC1CCC(Br)CC1)c1cccc2c1OCCO2. The van der Waals surface area contributed by atoms with E-state index >= 15 is 0 Å². The monoisotopic (exact) mass is 339 g/mol. The summed E-state index contributed by atoms with van der Waals surface area (Å²) in [6, 6.07) is 5.72. The highest BCUT2D eigenvalue weighted by molar-refractivity contribution is 9.09. The Hall–Kier alpha value is -1.23. The number of carbonyl (C=O) groups excluding carboxylic acids is 1. The number of amides is 1. The zero-order chi connectivity index (χ0) is 13.9. The molecule has 1 amide bonds. The second-order valence-electron chi connectivity index (χ2n) is 5.25. The summed E-state index contributed by atoms with van der Waals surface area (Å²) >= 11 is 3.63. The lowest BCUT2D eigenvalue weighted by molar-refractivity contribution is 0.0917. The first-order valence-electron chi connectivity index (χ1n) is 7.07. The minimum absolute atomic E-state index is 0.0645. The summed E-state index contributed by atoms with van der Waals surface area (Å²) in [7, 11) is 0. The summed E-state index contributed by atoms with van der Waals surface area (Å²) in [6.45, 7) is 1.03. The zero-order valence-corrected chi connectivity index (χ0v) is 12.8. The smallest absolute Gasteiger partial charge is 0.255 e. The van der Waals surface area contributed by atoms with Gasteiger partial charge in [0.2, 0.25) is 0 Å². The molecule has 0 atom stereocenters. The average Bonchev–Trinajstić information content (AvgIpc) is 2.49. The topological polar surface area (TPSA) is 47.6 Å². The van der Waals surface area contributed by atoms with Crippen LogP contribution in [0.1, 0.15) is 36.0 Å². The lowest BCUT2D eigenvalue weighted by atomic mass is 9.95. The molecule has 0 aromatic heterocycles. The quantitative estimate of drug-likeness (QED) is 0.842. The molecule has 108 valence electrons. The molecule has 1 aliphatic heterocycles. The van der Waals surface area contributed by atoms with E-state index in [9.17, 15) is 4.79 Å². The van der Waals surface area contributed by atoms with Crippen LogP contribution in [-0.4, -0.2) is 30.0 Å². The Bertz CT molecular complexity index is 498. The number of hydrogen-bond donors (Lipinski definition) is 1. The number of nitrogens with one attached hydrogen (secondary N) is 1. The normalized spacial score (nSPS) is 25.1. The molecule has 1 heterocycles. The number of hydrogen-bond acceptors (Lipinski definition) is 3. The molecule has 3 rings (SSSR count). The Labute approximate surface area is 127 Å². The highest BCUT2D eigenvalue weighted by Crippen LogP contribution is 2.34. The molecule has 20 heavy (non-hydrogen) atoms. The first-order chi connectivity index (χ1) is 9.74. The largest absolute Gasteiger partial charge is 0.486 e. The first-order valence-corrected chi connectivity index (χ1v) is 7.99. The van der Waals surface area contributed by atoms with Gasteiger partial charge in [-0.3, -0.25) is 4.79 Å². The van der Waals surface area contributed by atoms with E-state index in [1.165, 1.54) is 0 Å². The van der Waals surface area contributed by atoms with Gasteiger partial charge in [0.25, 0.3) is 5.91 Å². The van der Waals surface area contributed by atoms with Gasteiger partial charge in [0.1, 0.15) is 13.2 Å². The molecule has 0 spiro atoms. The summed E-state index contributed by atoms with van der Waals surface area (Å²) in [6.07, 6.45) is 4.26. The van der Waals surface area contributed by atoms with Gasteiger partial charge in [0.15, 0.2) is 11.5 Å². The van der Waals surface area contributed by atoms with Crippen LogP contribution in [0.5, 0.6) is 11.5 Å². The summed E-state index contributed by atoms with van der Waals surface area (Å²) < 4.78 is 11.1. The molecule has 1 aliphatic carbocycles. The molecule has 1 fully saturated rings. The number of rotatable bonds is 2. The van der Waals surface area contributed by atoms with E-state index in [0.29, 0.717) is 35.1 Å². The average molecular weight is 340 g/mol. The van der Waals surface area contributed by atoms with Gasteiger partial charge in [-0.05, 0) is 37.8 Å². The van der Waals surface area contributed by atoms with Gasteiger partial charge >= 0.3 is 0 Å². The fourth-order valence-electron chi connectivity index (χ4n) is 2.71. The third kappa shape index (κ3) is 2.92. The van der Waals surface area contributed by atoms with Crippen LogP contribution >= 0.6 is 15.9 Å². The molecule has 0 saturated heterocycles. The minimum atomic E-state index is -0.0645. The Morgan fingerprint density at radius 1 is 1.15 bits per heavy atom. The van der Waals surface area contributed by atoms with Crippen LogP contribution in [0.4, 0.5) is 0 Å². The third-order valence-corrected chi connectivity index (χ3v) is 4.72. The van der Waals surface area contributed by atoms with Crippen molar-refractivity contribution >= 4 is 21.8 Å². The van der Waals surface area contributed by atoms with Crippen molar-refractivity contribution in [3.05, 3.63) is 23.8 Å². The minimum Gasteiger partial charge on any atom is -0.486 e. The van der Waals surface area contributed by atoms with Crippen molar-refractivity contribution in [3.8, 4) is 11.5 Å². The Balaban J connectivity index is 1.71. The number of alkyl halides is 1. The fraction of sp³-hybridized carbons (Fsp3) is 0.533. The van der Waals surface area contributed by atoms with Crippen molar-refractivity contribution in [3.63, 3.8) is 0 Å². The van der Waals surface area contributed by atoms with Crippen molar-refractivity contribution in [2.45, 2.75) is 36.6 Å². The van der Waals surface area contributed by atoms with E-state index in [1.807, 2.05) is 12.1 Å². The Morgan fingerprint density at radius 3 is 2.70 bits per heavy atom. The lowest BCUT2D eigenvalue weighted by Crippen LogP contribution is -2.38. The number of halogens is 1.